The lowest BCUT2D eigenvalue weighted by Crippen LogP contribution is -2.35. The minimum absolute atomic E-state index is 0.178. The molecule has 0 bridgehead atoms. The second kappa shape index (κ2) is 3.88. The molecular weight excluding hydrogens is 176 g/mol. The number of hydrogen-bond donors (Lipinski definition) is 1. The first-order valence-electron chi connectivity index (χ1n) is 4.46. The van der Waals surface area contributed by atoms with Crippen molar-refractivity contribution in [3.63, 3.8) is 0 Å². The molecule has 1 aliphatic heterocycles. The SMILES string of the molecule is C[C](C)CN1CC(F)(F)C[C@H]1CO. The maximum Gasteiger partial charge on any atom is 0.262 e. The molecule has 0 saturated carbocycles. The van der Waals surface area contributed by atoms with Gasteiger partial charge in [-0.25, -0.2) is 8.78 Å². The standard InChI is InChI=1S/C9H16F2NO/c1-7(2)4-12-6-9(10,11)3-8(12)5-13/h8,13H,3-6H2,1-2H3/t8-/m0/s1. The summed E-state index contributed by atoms with van der Waals surface area (Å²) in [6.07, 6.45) is -0.212. The molecule has 0 amide bonds. The predicted octanol–water partition coefficient (Wildman–Crippen LogP) is 1.30. The Morgan fingerprint density at radius 3 is 2.62 bits per heavy atom. The highest BCUT2D eigenvalue weighted by molar-refractivity contribution is 4.94. The molecule has 0 aliphatic carbocycles. The van der Waals surface area contributed by atoms with Crippen molar-refractivity contribution in [1.29, 1.82) is 0 Å². The maximum absolute atomic E-state index is 12.9. The third-order valence-electron chi connectivity index (χ3n) is 2.22. The molecular formula is C9H16F2NO. The second-order valence-electron chi connectivity index (χ2n) is 4.01. The lowest BCUT2D eigenvalue weighted by molar-refractivity contribution is 0.0121. The summed E-state index contributed by atoms with van der Waals surface area (Å²) in [4.78, 5) is 1.65. The van der Waals surface area contributed by atoms with Crippen LogP contribution in [0.1, 0.15) is 20.3 Å². The summed E-state index contributed by atoms with van der Waals surface area (Å²) in [6, 6.07) is -0.370. The molecule has 1 heterocycles. The van der Waals surface area contributed by atoms with E-state index in [4.69, 9.17) is 5.11 Å². The molecule has 1 aliphatic rings. The zero-order valence-electron chi connectivity index (χ0n) is 8.06. The van der Waals surface area contributed by atoms with Crippen LogP contribution in [0, 0.1) is 5.92 Å². The van der Waals surface area contributed by atoms with Crippen LogP contribution in [-0.2, 0) is 0 Å². The van der Waals surface area contributed by atoms with Crippen LogP contribution in [0.3, 0.4) is 0 Å². The van der Waals surface area contributed by atoms with E-state index in [2.05, 4.69) is 0 Å². The molecule has 0 aromatic carbocycles. The van der Waals surface area contributed by atoms with Crippen molar-refractivity contribution in [1.82, 2.24) is 4.90 Å². The third-order valence-corrected chi connectivity index (χ3v) is 2.22. The Morgan fingerprint density at radius 2 is 2.15 bits per heavy atom. The molecule has 77 valence electrons. The van der Waals surface area contributed by atoms with E-state index in [9.17, 15) is 8.78 Å². The van der Waals surface area contributed by atoms with E-state index in [0.29, 0.717) is 6.54 Å². The van der Waals surface area contributed by atoms with Gasteiger partial charge in [0.15, 0.2) is 0 Å². The Bertz CT molecular complexity index is 173. The molecule has 0 spiro atoms. The summed E-state index contributed by atoms with van der Waals surface area (Å²) in [6.45, 7) is 3.98. The van der Waals surface area contributed by atoms with Crippen LogP contribution in [0.15, 0.2) is 0 Å². The van der Waals surface area contributed by atoms with Crippen molar-refractivity contribution in [2.45, 2.75) is 32.2 Å². The van der Waals surface area contributed by atoms with Crippen molar-refractivity contribution >= 4 is 0 Å². The van der Waals surface area contributed by atoms with Gasteiger partial charge in [-0.2, -0.15) is 0 Å². The first-order valence-corrected chi connectivity index (χ1v) is 4.46. The molecule has 0 unspecified atom stereocenters. The molecule has 1 radical (unpaired) electrons. The molecule has 13 heavy (non-hydrogen) atoms. The average Bonchev–Trinajstić information content (AvgIpc) is 2.24. The third kappa shape index (κ3) is 2.88. The quantitative estimate of drug-likeness (QED) is 0.728. The van der Waals surface area contributed by atoms with Gasteiger partial charge in [0, 0.05) is 19.0 Å². The number of rotatable bonds is 3. The number of aliphatic hydroxyl groups excluding tert-OH is 1. The molecule has 4 heteroatoms. The normalized spacial score (nSPS) is 28.6. The molecule has 0 aromatic heterocycles. The Morgan fingerprint density at radius 1 is 1.54 bits per heavy atom. The lowest BCUT2D eigenvalue weighted by Gasteiger charge is -2.23. The van der Waals surface area contributed by atoms with Crippen molar-refractivity contribution in [3.8, 4) is 0 Å². The van der Waals surface area contributed by atoms with Crippen molar-refractivity contribution < 1.29 is 13.9 Å². The highest BCUT2D eigenvalue weighted by atomic mass is 19.3. The Labute approximate surface area is 77.5 Å². The summed E-state index contributed by atoms with van der Waals surface area (Å²) in [5, 5.41) is 8.90. The van der Waals surface area contributed by atoms with Gasteiger partial charge < -0.3 is 5.11 Å². The highest BCUT2D eigenvalue weighted by Gasteiger charge is 2.44. The van der Waals surface area contributed by atoms with Crippen molar-refractivity contribution in [2.75, 3.05) is 19.7 Å². The van der Waals surface area contributed by atoms with Crippen molar-refractivity contribution in [3.05, 3.63) is 5.92 Å². The van der Waals surface area contributed by atoms with Crippen LogP contribution < -0.4 is 0 Å². The van der Waals surface area contributed by atoms with Gasteiger partial charge in [-0.1, -0.05) is 13.8 Å². The minimum Gasteiger partial charge on any atom is -0.395 e. The fourth-order valence-corrected chi connectivity index (χ4v) is 1.74. The van der Waals surface area contributed by atoms with Crippen LogP contribution >= 0.6 is 0 Å². The Kier molecular flexibility index (Phi) is 3.24. The van der Waals surface area contributed by atoms with Gasteiger partial charge in [0.2, 0.25) is 0 Å². The molecule has 2 nitrogen and oxygen atoms in total. The van der Waals surface area contributed by atoms with E-state index in [0.717, 1.165) is 5.92 Å². The summed E-state index contributed by atoms with van der Waals surface area (Å²) in [5.74, 6) is -1.53. The Hall–Kier alpha value is -0.220. The zero-order valence-corrected chi connectivity index (χ0v) is 8.06. The number of halogens is 2. The number of hydrogen-bond acceptors (Lipinski definition) is 2. The second-order valence-corrected chi connectivity index (χ2v) is 4.01. The van der Waals surface area contributed by atoms with Gasteiger partial charge in [-0.05, 0) is 5.92 Å². The first-order chi connectivity index (χ1) is 5.94. The topological polar surface area (TPSA) is 23.5 Å². The predicted molar refractivity (Wildman–Crippen MR) is 46.6 cm³/mol. The average molecular weight is 192 g/mol. The van der Waals surface area contributed by atoms with E-state index in [1.165, 1.54) is 0 Å². The van der Waals surface area contributed by atoms with E-state index >= 15 is 0 Å². The first kappa shape index (κ1) is 10.9. The smallest absolute Gasteiger partial charge is 0.262 e. The van der Waals surface area contributed by atoms with Crippen molar-refractivity contribution in [2.24, 2.45) is 0 Å². The Balaban J connectivity index is 2.53. The molecule has 1 saturated heterocycles. The molecule has 1 atom stereocenters. The summed E-state index contributed by atoms with van der Waals surface area (Å²) < 4.78 is 25.8. The largest absolute Gasteiger partial charge is 0.395 e. The van der Waals surface area contributed by atoms with Crippen LogP contribution in [0.5, 0.6) is 0 Å². The summed E-state index contributed by atoms with van der Waals surface area (Å²) in [7, 11) is 0. The van der Waals surface area contributed by atoms with E-state index in [1.807, 2.05) is 13.8 Å². The molecule has 1 N–H and O–H groups in total. The van der Waals surface area contributed by atoms with Crippen LogP contribution in [-0.4, -0.2) is 41.7 Å². The van der Waals surface area contributed by atoms with Crippen LogP contribution in [0.4, 0.5) is 8.78 Å². The van der Waals surface area contributed by atoms with Gasteiger partial charge in [-0.3, -0.25) is 4.90 Å². The summed E-state index contributed by atoms with van der Waals surface area (Å²) >= 11 is 0. The minimum atomic E-state index is -2.62. The molecule has 1 fully saturated rings. The number of nitrogens with zero attached hydrogens (tertiary/aromatic N) is 1. The number of aliphatic hydroxyl groups is 1. The number of alkyl halides is 2. The molecule has 1 rings (SSSR count). The van der Waals surface area contributed by atoms with E-state index in [1.54, 1.807) is 4.90 Å². The van der Waals surface area contributed by atoms with Gasteiger partial charge in [0.1, 0.15) is 0 Å². The van der Waals surface area contributed by atoms with Gasteiger partial charge >= 0.3 is 0 Å². The monoisotopic (exact) mass is 192 g/mol. The lowest BCUT2D eigenvalue weighted by atomic mass is 10.2. The fourth-order valence-electron chi connectivity index (χ4n) is 1.74. The number of likely N-dealkylation sites (tertiary alicyclic amines) is 1. The van der Waals surface area contributed by atoms with E-state index < -0.39 is 5.92 Å². The summed E-state index contributed by atoms with van der Waals surface area (Å²) in [5.41, 5.74) is 0. The van der Waals surface area contributed by atoms with Crippen LogP contribution in [0.2, 0.25) is 0 Å². The van der Waals surface area contributed by atoms with Gasteiger partial charge in [0.25, 0.3) is 5.92 Å². The highest BCUT2D eigenvalue weighted by Crippen LogP contribution is 2.32. The zero-order chi connectivity index (χ0) is 10.1. The van der Waals surface area contributed by atoms with E-state index in [-0.39, 0.29) is 25.6 Å². The molecule has 0 aromatic rings. The maximum atomic E-state index is 12.9. The fraction of sp³-hybridized carbons (Fsp3) is 0.889. The van der Waals surface area contributed by atoms with Gasteiger partial charge in [0.05, 0.1) is 13.2 Å². The van der Waals surface area contributed by atoms with Gasteiger partial charge in [-0.15, -0.1) is 0 Å². The van der Waals surface area contributed by atoms with Crippen LogP contribution in [0.25, 0.3) is 0 Å².